The minimum Gasteiger partial charge on any atom is -0.323 e. The number of nitrogens with zero attached hydrogens (tertiary/aromatic N) is 2. The van der Waals surface area contributed by atoms with Gasteiger partial charge in [-0.2, -0.15) is 0 Å². The Morgan fingerprint density at radius 2 is 1.94 bits per heavy atom. The molecule has 158 valence electrons. The van der Waals surface area contributed by atoms with E-state index in [2.05, 4.69) is 10.3 Å². The average molecular weight is 472 g/mol. The number of aromatic nitrogens is 2. The number of hydrogen-bond donors (Lipinski definition) is 1. The zero-order valence-corrected chi connectivity index (χ0v) is 19.2. The molecular formula is C23H19Cl2N3O2S. The molecule has 2 aromatic carbocycles. The van der Waals surface area contributed by atoms with Gasteiger partial charge in [0.15, 0.2) is 0 Å². The lowest BCUT2D eigenvalue weighted by Gasteiger charge is -2.18. The Kier molecular flexibility index (Phi) is 6.14. The molecule has 1 amide bonds. The fraction of sp³-hybridized carbons (Fsp3) is 0.174. The predicted molar refractivity (Wildman–Crippen MR) is 128 cm³/mol. The highest BCUT2D eigenvalue weighted by molar-refractivity contribution is 7.19. The van der Waals surface area contributed by atoms with E-state index >= 15 is 0 Å². The molecule has 4 rings (SSSR count). The summed E-state index contributed by atoms with van der Waals surface area (Å²) < 4.78 is 1.40. The Labute approximate surface area is 193 Å². The Balaban J connectivity index is 1.78. The Bertz CT molecular complexity index is 1330. The van der Waals surface area contributed by atoms with Crippen LogP contribution in [0, 0.1) is 6.92 Å². The molecule has 0 saturated heterocycles. The third-order valence-corrected chi connectivity index (χ3v) is 6.65. The molecule has 0 fully saturated rings. The van der Waals surface area contributed by atoms with E-state index in [9.17, 15) is 9.59 Å². The van der Waals surface area contributed by atoms with Crippen LogP contribution in [0.25, 0.3) is 21.3 Å². The summed E-state index contributed by atoms with van der Waals surface area (Å²) in [6.45, 7) is 3.83. The summed E-state index contributed by atoms with van der Waals surface area (Å²) in [7, 11) is 0. The summed E-state index contributed by atoms with van der Waals surface area (Å²) in [6.07, 6.45) is 1.86. The van der Waals surface area contributed by atoms with Gasteiger partial charge in [-0.1, -0.05) is 60.5 Å². The number of aryl methyl sites for hydroxylation is 1. The van der Waals surface area contributed by atoms with E-state index in [0.29, 0.717) is 32.4 Å². The summed E-state index contributed by atoms with van der Waals surface area (Å²) >= 11 is 13.6. The van der Waals surface area contributed by atoms with Gasteiger partial charge >= 0.3 is 0 Å². The maximum atomic E-state index is 13.5. The van der Waals surface area contributed by atoms with Gasteiger partial charge in [0.25, 0.3) is 5.56 Å². The second kappa shape index (κ2) is 8.83. The molecule has 0 spiro atoms. The molecule has 0 aliphatic rings. The number of rotatable bonds is 5. The van der Waals surface area contributed by atoms with Crippen molar-refractivity contribution >= 4 is 56.3 Å². The number of carbonyl (C=O) groups is 1. The zero-order valence-electron chi connectivity index (χ0n) is 16.9. The van der Waals surface area contributed by atoms with Crippen LogP contribution in [0.1, 0.15) is 24.3 Å². The first-order valence-electron chi connectivity index (χ1n) is 9.72. The van der Waals surface area contributed by atoms with Gasteiger partial charge in [0.05, 0.1) is 22.4 Å². The smallest absolute Gasteiger partial charge is 0.263 e. The molecule has 8 heteroatoms. The average Bonchev–Trinajstić information content (AvgIpc) is 3.09. The van der Waals surface area contributed by atoms with Crippen LogP contribution in [0.5, 0.6) is 0 Å². The van der Waals surface area contributed by atoms with E-state index in [-0.39, 0.29) is 11.5 Å². The van der Waals surface area contributed by atoms with Gasteiger partial charge in [-0.15, -0.1) is 11.3 Å². The lowest BCUT2D eigenvalue weighted by atomic mass is 10.0. The summed E-state index contributed by atoms with van der Waals surface area (Å²) in [5.74, 6) is -0.344. The van der Waals surface area contributed by atoms with E-state index < -0.39 is 6.04 Å². The van der Waals surface area contributed by atoms with E-state index in [1.807, 2.05) is 44.2 Å². The maximum absolute atomic E-state index is 13.5. The van der Waals surface area contributed by atoms with Gasteiger partial charge in [0.2, 0.25) is 5.91 Å². The van der Waals surface area contributed by atoms with Gasteiger partial charge in [-0.3, -0.25) is 14.2 Å². The van der Waals surface area contributed by atoms with Crippen molar-refractivity contribution in [3.05, 3.63) is 80.1 Å². The van der Waals surface area contributed by atoms with Crippen LogP contribution < -0.4 is 10.9 Å². The van der Waals surface area contributed by atoms with Crippen LogP contribution in [-0.2, 0) is 4.79 Å². The lowest BCUT2D eigenvalue weighted by molar-refractivity contribution is -0.119. The van der Waals surface area contributed by atoms with Gasteiger partial charge in [0, 0.05) is 15.5 Å². The number of thiophene rings is 1. The topological polar surface area (TPSA) is 64.0 Å². The summed E-state index contributed by atoms with van der Waals surface area (Å²) in [4.78, 5) is 32.7. The van der Waals surface area contributed by atoms with Crippen molar-refractivity contribution in [2.24, 2.45) is 0 Å². The standard InChI is InChI=1S/C23H19Cl2N3O2S/c1-3-18(21(29)27-17-10-9-15(24)11-16(17)25)28-12-26-22-20(23(28)30)19(13(2)31-22)14-7-5-4-6-8-14/h4-12,18H,3H2,1-2H3,(H,27,29). The molecule has 1 N–H and O–H groups in total. The van der Waals surface area contributed by atoms with E-state index in [1.54, 1.807) is 18.2 Å². The van der Waals surface area contributed by atoms with Crippen LogP contribution in [0.3, 0.4) is 0 Å². The van der Waals surface area contributed by atoms with Crippen LogP contribution in [0.4, 0.5) is 5.69 Å². The SMILES string of the molecule is CCC(C(=O)Nc1ccc(Cl)cc1Cl)n1cnc2sc(C)c(-c3ccccc3)c2c1=O. The molecule has 0 radical (unpaired) electrons. The lowest BCUT2D eigenvalue weighted by Crippen LogP contribution is -2.33. The largest absolute Gasteiger partial charge is 0.323 e. The predicted octanol–water partition coefficient (Wildman–Crippen LogP) is 6.33. The minimum atomic E-state index is -0.736. The fourth-order valence-electron chi connectivity index (χ4n) is 3.61. The molecule has 0 bridgehead atoms. The molecule has 1 atom stereocenters. The third kappa shape index (κ3) is 4.11. The molecule has 0 aliphatic carbocycles. The molecule has 0 saturated carbocycles. The number of fused-ring (bicyclic) bond motifs is 1. The molecule has 1 unspecified atom stereocenters. The Morgan fingerprint density at radius 1 is 1.19 bits per heavy atom. The molecule has 5 nitrogen and oxygen atoms in total. The van der Waals surface area contributed by atoms with Crippen molar-refractivity contribution in [1.82, 2.24) is 9.55 Å². The second-order valence-corrected chi connectivity index (χ2v) is 9.12. The number of halogens is 2. The van der Waals surface area contributed by atoms with Gasteiger partial charge < -0.3 is 5.32 Å². The highest BCUT2D eigenvalue weighted by Gasteiger charge is 2.24. The molecule has 31 heavy (non-hydrogen) atoms. The fourth-order valence-corrected chi connectivity index (χ4v) is 5.06. The maximum Gasteiger partial charge on any atom is 0.263 e. The third-order valence-electron chi connectivity index (χ3n) is 5.09. The van der Waals surface area contributed by atoms with Crippen molar-refractivity contribution in [2.75, 3.05) is 5.32 Å². The van der Waals surface area contributed by atoms with Gasteiger partial charge in [-0.05, 0) is 37.1 Å². The number of nitrogens with one attached hydrogen (secondary N) is 1. The van der Waals surface area contributed by atoms with Crippen molar-refractivity contribution < 1.29 is 4.79 Å². The number of anilines is 1. The Hall–Kier alpha value is -2.67. The minimum absolute atomic E-state index is 0.239. The number of benzene rings is 2. The van der Waals surface area contributed by atoms with Crippen LogP contribution in [0.15, 0.2) is 59.7 Å². The quantitative estimate of drug-likeness (QED) is 0.369. The monoisotopic (exact) mass is 471 g/mol. The number of hydrogen-bond acceptors (Lipinski definition) is 4. The van der Waals surface area contributed by atoms with Gasteiger partial charge in [-0.25, -0.2) is 4.98 Å². The highest BCUT2D eigenvalue weighted by atomic mass is 35.5. The normalized spacial score (nSPS) is 12.1. The number of amides is 1. The number of carbonyl (C=O) groups excluding carboxylic acids is 1. The van der Waals surface area contributed by atoms with E-state index in [0.717, 1.165) is 16.0 Å². The first-order valence-corrected chi connectivity index (χ1v) is 11.3. The molecular weight excluding hydrogens is 453 g/mol. The van der Waals surface area contributed by atoms with Crippen molar-refractivity contribution in [3.8, 4) is 11.1 Å². The molecule has 2 heterocycles. The highest BCUT2D eigenvalue weighted by Crippen LogP contribution is 2.35. The van der Waals surface area contributed by atoms with E-state index in [4.69, 9.17) is 23.2 Å². The van der Waals surface area contributed by atoms with Gasteiger partial charge in [0.1, 0.15) is 10.9 Å². The van der Waals surface area contributed by atoms with Crippen LogP contribution in [-0.4, -0.2) is 15.5 Å². The molecule has 2 aromatic heterocycles. The Morgan fingerprint density at radius 3 is 2.61 bits per heavy atom. The second-order valence-electron chi connectivity index (χ2n) is 7.07. The van der Waals surface area contributed by atoms with Crippen molar-refractivity contribution in [1.29, 1.82) is 0 Å². The summed E-state index contributed by atoms with van der Waals surface area (Å²) in [5, 5.41) is 4.14. The van der Waals surface area contributed by atoms with Crippen LogP contribution in [0.2, 0.25) is 10.0 Å². The van der Waals surface area contributed by atoms with E-state index in [1.165, 1.54) is 22.2 Å². The molecule has 4 aromatic rings. The van der Waals surface area contributed by atoms with Crippen molar-refractivity contribution in [3.63, 3.8) is 0 Å². The molecule has 0 aliphatic heterocycles. The summed E-state index contributed by atoms with van der Waals surface area (Å²) in [6, 6.07) is 13.8. The van der Waals surface area contributed by atoms with Crippen LogP contribution >= 0.6 is 34.5 Å². The summed E-state index contributed by atoms with van der Waals surface area (Å²) in [5.41, 5.74) is 2.02. The first kappa shape index (κ1) is 21.6. The van der Waals surface area contributed by atoms with Crippen molar-refractivity contribution in [2.45, 2.75) is 26.3 Å². The first-order chi connectivity index (χ1) is 14.9. The zero-order chi connectivity index (χ0) is 22.1.